The van der Waals surface area contributed by atoms with Crippen LogP contribution in [-0.2, 0) is 9.53 Å². The highest BCUT2D eigenvalue weighted by Gasteiger charge is 2.29. The highest BCUT2D eigenvalue weighted by atomic mass is 35.5. The summed E-state index contributed by atoms with van der Waals surface area (Å²) in [5.41, 5.74) is -0.334. The van der Waals surface area contributed by atoms with Gasteiger partial charge in [0.2, 0.25) is 0 Å². The van der Waals surface area contributed by atoms with Gasteiger partial charge < -0.3 is 14.2 Å². The van der Waals surface area contributed by atoms with Gasteiger partial charge in [0.25, 0.3) is 0 Å². The fourth-order valence-electron chi connectivity index (χ4n) is 2.14. The Morgan fingerprint density at radius 3 is 2.76 bits per heavy atom. The molecule has 0 spiro atoms. The van der Waals surface area contributed by atoms with Gasteiger partial charge >= 0.3 is 5.97 Å². The lowest BCUT2D eigenvalue weighted by Gasteiger charge is -2.11. The molecule has 0 bridgehead atoms. The quantitative estimate of drug-likeness (QED) is 0.443. The zero-order chi connectivity index (χ0) is 18.6. The van der Waals surface area contributed by atoms with E-state index in [1.54, 1.807) is 11.9 Å². The second-order valence-corrected chi connectivity index (χ2v) is 5.51. The van der Waals surface area contributed by atoms with Gasteiger partial charge in [-0.2, -0.15) is 0 Å². The molecule has 2 rings (SSSR count). The van der Waals surface area contributed by atoms with E-state index in [4.69, 9.17) is 20.9 Å². The Morgan fingerprint density at radius 2 is 2.20 bits per heavy atom. The molecule has 0 aliphatic carbocycles. The van der Waals surface area contributed by atoms with Crippen molar-refractivity contribution in [3.05, 3.63) is 46.6 Å². The SMILES string of the molecule is CCN(C)/C=C(\C=O)c1onc(-c2c(F)cccc2Cl)c1C(=O)OC. The smallest absolute Gasteiger partial charge is 0.344 e. The first-order valence-corrected chi connectivity index (χ1v) is 7.72. The normalized spacial score (nSPS) is 11.3. The van der Waals surface area contributed by atoms with E-state index >= 15 is 0 Å². The van der Waals surface area contributed by atoms with E-state index in [0.29, 0.717) is 12.8 Å². The van der Waals surface area contributed by atoms with E-state index in [1.165, 1.54) is 24.4 Å². The predicted octanol–water partition coefficient (Wildman–Crippen LogP) is 3.41. The number of carbonyl (C=O) groups is 2. The third kappa shape index (κ3) is 3.71. The lowest BCUT2D eigenvalue weighted by molar-refractivity contribution is -0.103. The molecular weight excluding hydrogens is 351 g/mol. The van der Waals surface area contributed by atoms with Gasteiger partial charge in [0, 0.05) is 19.8 Å². The zero-order valence-electron chi connectivity index (χ0n) is 13.9. The highest BCUT2D eigenvalue weighted by Crippen LogP contribution is 2.35. The van der Waals surface area contributed by atoms with Crippen molar-refractivity contribution in [2.75, 3.05) is 20.7 Å². The standard InChI is InChI=1S/C17H16ClFN2O4/c1-4-21(2)8-10(9-22)16-14(17(23)24-3)15(20-25-16)13-11(18)6-5-7-12(13)19/h5-9H,4H2,1-3H3/b10-8+. The van der Waals surface area contributed by atoms with Crippen LogP contribution in [0.5, 0.6) is 0 Å². The summed E-state index contributed by atoms with van der Waals surface area (Å²) in [6.45, 7) is 2.50. The number of aldehydes is 1. The van der Waals surface area contributed by atoms with Crippen molar-refractivity contribution in [3.8, 4) is 11.3 Å². The van der Waals surface area contributed by atoms with E-state index < -0.39 is 11.8 Å². The van der Waals surface area contributed by atoms with Crippen molar-refractivity contribution in [2.45, 2.75) is 6.92 Å². The van der Waals surface area contributed by atoms with Crippen LogP contribution in [0.3, 0.4) is 0 Å². The molecule has 132 valence electrons. The van der Waals surface area contributed by atoms with Crippen LogP contribution in [0.2, 0.25) is 5.02 Å². The number of ether oxygens (including phenoxy) is 1. The first-order valence-electron chi connectivity index (χ1n) is 7.34. The Kier molecular flexibility index (Phi) is 5.93. The molecule has 0 saturated carbocycles. The maximum atomic E-state index is 14.2. The van der Waals surface area contributed by atoms with Gasteiger partial charge in [-0.15, -0.1) is 0 Å². The van der Waals surface area contributed by atoms with Crippen LogP contribution < -0.4 is 0 Å². The molecule has 6 nitrogen and oxygen atoms in total. The Hall–Kier alpha value is -2.67. The number of rotatable bonds is 6. The van der Waals surface area contributed by atoms with Crippen LogP contribution >= 0.6 is 11.6 Å². The number of allylic oxidation sites excluding steroid dienone is 1. The first-order chi connectivity index (χ1) is 11.9. The molecule has 25 heavy (non-hydrogen) atoms. The van der Waals surface area contributed by atoms with Gasteiger partial charge in [-0.25, -0.2) is 9.18 Å². The summed E-state index contributed by atoms with van der Waals surface area (Å²) in [7, 11) is 2.90. The Balaban J connectivity index is 2.73. The molecule has 0 aliphatic rings. The van der Waals surface area contributed by atoms with Crippen molar-refractivity contribution in [1.82, 2.24) is 10.1 Å². The van der Waals surface area contributed by atoms with Crippen LogP contribution in [0, 0.1) is 5.82 Å². The van der Waals surface area contributed by atoms with Crippen molar-refractivity contribution >= 4 is 29.4 Å². The molecule has 0 amide bonds. The van der Waals surface area contributed by atoms with Gasteiger partial charge in [0.05, 0.1) is 23.3 Å². The average molecular weight is 367 g/mol. The van der Waals surface area contributed by atoms with Crippen molar-refractivity contribution in [2.24, 2.45) is 0 Å². The van der Waals surface area contributed by atoms with E-state index in [1.807, 2.05) is 6.92 Å². The van der Waals surface area contributed by atoms with Crippen LogP contribution in [0.25, 0.3) is 16.8 Å². The Labute approximate surface area is 148 Å². The molecule has 0 unspecified atom stereocenters. The van der Waals surface area contributed by atoms with Gasteiger partial charge in [-0.1, -0.05) is 22.8 Å². The number of aromatic nitrogens is 1. The summed E-state index contributed by atoms with van der Waals surface area (Å²) in [5, 5.41) is 3.81. The van der Waals surface area contributed by atoms with Gasteiger partial charge in [0.1, 0.15) is 17.1 Å². The third-order valence-corrected chi connectivity index (χ3v) is 3.84. The number of hydrogen-bond donors (Lipinski definition) is 0. The minimum Gasteiger partial charge on any atom is -0.465 e. The molecule has 1 aromatic heterocycles. The average Bonchev–Trinajstić information content (AvgIpc) is 3.03. The summed E-state index contributed by atoms with van der Waals surface area (Å²) >= 11 is 6.05. The first kappa shape index (κ1) is 18.7. The maximum absolute atomic E-state index is 14.2. The molecule has 1 aromatic carbocycles. The van der Waals surface area contributed by atoms with E-state index in [0.717, 1.165) is 7.11 Å². The molecule has 2 aromatic rings. The molecular formula is C17H16ClFN2O4. The number of esters is 1. The number of benzene rings is 1. The van der Waals surface area contributed by atoms with Crippen molar-refractivity contribution in [1.29, 1.82) is 0 Å². The van der Waals surface area contributed by atoms with E-state index in [2.05, 4.69) is 5.16 Å². The van der Waals surface area contributed by atoms with E-state index in [9.17, 15) is 14.0 Å². The van der Waals surface area contributed by atoms with Gasteiger partial charge in [-0.3, -0.25) is 4.79 Å². The lowest BCUT2D eigenvalue weighted by Crippen LogP contribution is -2.11. The fourth-order valence-corrected chi connectivity index (χ4v) is 2.40. The van der Waals surface area contributed by atoms with Crippen molar-refractivity contribution in [3.63, 3.8) is 0 Å². The van der Waals surface area contributed by atoms with Crippen molar-refractivity contribution < 1.29 is 23.2 Å². The molecule has 0 aliphatic heterocycles. The molecule has 0 atom stereocenters. The minimum atomic E-state index is -0.822. The monoisotopic (exact) mass is 366 g/mol. The molecule has 0 fully saturated rings. The fraction of sp³-hybridized carbons (Fsp3) is 0.235. The number of methoxy groups -OCH3 is 1. The van der Waals surface area contributed by atoms with Gasteiger partial charge in [-0.05, 0) is 19.1 Å². The molecule has 1 heterocycles. The second-order valence-electron chi connectivity index (χ2n) is 5.10. The summed E-state index contributed by atoms with van der Waals surface area (Å²) in [5.74, 6) is -1.62. The zero-order valence-corrected chi connectivity index (χ0v) is 14.6. The molecule has 0 radical (unpaired) electrons. The van der Waals surface area contributed by atoms with Crippen LogP contribution in [0.4, 0.5) is 4.39 Å². The summed E-state index contributed by atoms with van der Waals surface area (Å²) in [6, 6.07) is 4.06. The Morgan fingerprint density at radius 1 is 1.48 bits per heavy atom. The number of halogens is 2. The second kappa shape index (κ2) is 7.94. The molecule has 8 heteroatoms. The topological polar surface area (TPSA) is 72.6 Å². The maximum Gasteiger partial charge on any atom is 0.344 e. The number of hydrogen-bond acceptors (Lipinski definition) is 6. The van der Waals surface area contributed by atoms with Crippen LogP contribution in [0.1, 0.15) is 23.0 Å². The lowest BCUT2D eigenvalue weighted by atomic mass is 10.0. The molecule has 0 N–H and O–H groups in total. The number of nitrogens with zero attached hydrogens (tertiary/aromatic N) is 2. The van der Waals surface area contributed by atoms with Gasteiger partial charge in [0.15, 0.2) is 12.0 Å². The highest BCUT2D eigenvalue weighted by molar-refractivity contribution is 6.33. The third-order valence-electron chi connectivity index (χ3n) is 3.53. The number of carbonyl (C=O) groups excluding carboxylic acids is 2. The van der Waals surface area contributed by atoms with E-state index in [-0.39, 0.29) is 33.2 Å². The molecule has 0 saturated heterocycles. The summed E-state index contributed by atoms with van der Waals surface area (Å²) in [4.78, 5) is 25.4. The predicted molar refractivity (Wildman–Crippen MR) is 90.6 cm³/mol. The summed E-state index contributed by atoms with van der Waals surface area (Å²) in [6.07, 6.45) is 2.01. The minimum absolute atomic E-state index is 0.0484. The largest absolute Gasteiger partial charge is 0.465 e. The van der Waals surface area contributed by atoms with Crippen LogP contribution in [0.15, 0.2) is 28.9 Å². The Bertz CT molecular complexity index is 812. The van der Waals surface area contributed by atoms with Crippen LogP contribution in [-0.4, -0.2) is 43.0 Å². The summed E-state index contributed by atoms with van der Waals surface area (Å²) < 4.78 is 24.2.